The fraction of sp³-hybridized carbons (Fsp3) is 1.00. The molecule has 0 spiro atoms. The number of rotatable bonds is 10. The van der Waals surface area contributed by atoms with E-state index in [1.165, 1.54) is 19.3 Å². The van der Waals surface area contributed by atoms with Crippen molar-refractivity contribution in [2.45, 2.75) is 69.7 Å². The molecule has 5 atom stereocenters. The molecule has 0 unspecified atom stereocenters. The monoisotopic (exact) mass is 293 g/mol. The molecule has 7 heteroatoms. The number of hydrogen-bond acceptors (Lipinski definition) is 7. The Bertz CT molecular complexity index is 255. The molecule has 0 radical (unpaired) electrons. The van der Waals surface area contributed by atoms with E-state index in [-0.39, 0.29) is 0 Å². The van der Waals surface area contributed by atoms with Gasteiger partial charge < -0.3 is 25.2 Å². The third kappa shape index (κ3) is 5.25. The third-order valence-electron chi connectivity index (χ3n) is 3.42. The van der Waals surface area contributed by atoms with E-state index in [0.29, 0.717) is 6.54 Å². The third-order valence-corrected chi connectivity index (χ3v) is 3.42. The molecule has 0 amide bonds. The number of unbranched alkanes of at least 4 members (excludes halogenated alkanes) is 4. The number of ether oxygens (including phenoxy) is 1. The number of aliphatic hydroxyl groups is 4. The summed E-state index contributed by atoms with van der Waals surface area (Å²) in [5.74, 6) is 0. The van der Waals surface area contributed by atoms with E-state index >= 15 is 0 Å². The molecule has 0 aromatic carbocycles. The summed E-state index contributed by atoms with van der Waals surface area (Å²) in [6.07, 6.45) is -0.161. The number of aliphatic hydroxyl groups excluding tert-OH is 4. The summed E-state index contributed by atoms with van der Waals surface area (Å²) in [5.41, 5.74) is 2.70. The highest BCUT2D eigenvalue weighted by Gasteiger charge is 2.47. The minimum Gasteiger partial charge on any atom is -0.394 e. The van der Waals surface area contributed by atoms with Gasteiger partial charge in [-0.15, -0.1) is 0 Å². The van der Waals surface area contributed by atoms with E-state index in [0.717, 1.165) is 12.8 Å². The minimum absolute atomic E-state index is 0.550. The highest BCUT2D eigenvalue weighted by Crippen LogP contribution is 2.24. The summed E-state index contributed by atoms with van der Waals surface area (Å²) in [6.45, 7) is 2.22. The van der Waals surface area contributed by atoms with Gasteiger partial charge in [0.25, 0.3) is 0 Å². The summed E-state index contributed by atoms with van der Waals surface area (Å²) in [4.78, 5) is 5.19. The van der Waals surface area contributed by atoms with Crippen molar-refractivity contribution in [3.63, 3.8) is 0 Å². The first-order chi connectivity index (χ1) is 9.61. The maximum atomic E-state index is 9.87. The molecule has 0 aliphatic carbocycles. The predicted octanol–water partition coefficient (Wildman–Crippen LogP) is -0.722. The largest absolute Gasteiger partial charge is 0.394 e. The van der Waals surface area contributed by atoms with Crippen LogP contribution in [0.2, 0.25) is 0 Å². The first-order valence-corrected chi connectivity index (χ1v) is 7.30. The summed E-state index contributed by atoms with van der Waals surface area (Å²) in [6, 6.07) is 0. The van der Waals surface area contributed by atoms with Gasteiger partial charge in [0, 0.05) is 6.54 Å². The van der Waals surface area contributed by atoms with Crippen LogP contribution < -0.4 is 5.48 Å². The second-order valence-corrected chi connectivity index (χ2v) is 5.12. The molecular weight excluding hydrogens is 266 g/mol. The van der Waals surface area contributed by atoms with Crippen LogP contribution in [0, 0.1) is 0 Å². The van der Waals surface area contributed by atoms with Gasteiger partial charge in [-0.1, -0.05) is 32.6 Å². The van der Waals surface area contributed by atoms with Crippen molar-refractivity contribution >= 4 is 0 Å². The van der Waals surface area contributed by atoms with Crippen molar-refractivity contribution in [1.82, 2.24) is 5.48 Å². The lowest BCUT2D eigenvalue weighted by molar-refractivity contribution is -0.172. The predicted molar refractivity (Wildman–Crippen MR) is 71.6 cm³/mol. The maximum absolute atomic E-state index is 9.87. The highest BCUT2D eigenvalue weighted by molar-refractivity contribution is 4.90. The molecule has 7 nitrogen and oxygen atoms in total. The second-order valence-electron chi connectivity index (χ2n) is 5.12. The molecule has 0 aromatic rings. The quantitative estimate of drug-likeness (QED) is 0.267. The van der Waals surface area contributed by atoms with Gasteiger partial charge in [-0.25, -0.2) is 5.48 Å². The van der Waals surface area contributed by atoms with Crippen LogP contribution in [0.1, 0.15) is 39.0 Å². The summed E-state index contributed by atoms with van der Waals surface area (Å²) < 4.78 is 4.98. The van der Waals surface area contributed by atoms with Crippen molar-refractivity contribution in [3.05, 3.63) is 0 Å². The van der Waals surface area contributed by atoms with Crippen LogP contribution in [-0.4, -0.2) is 64.3 Å². The first kappa shape index (κ1) is 17.8. The zero-order valence-corrected chi connectivity index (χ0v) is 11.9. The molecule has 0 aromatic heterocycles. The van der Waals surface area contributed by atoms with Gasteiger partial charge in [0.05, 0.1) is 6.61 Å². The Morgan fingerprint density at radius 3 is 2.55 bits per heavy atom. The van der Waals surface area contributed by atoms with Gasteiger partial charge >= 0.3 is 0 Å². The lowest BCUT2D eigenvalue weighted by atomic mass is 10.1. The standard InChI is InChI=1S/C13H27NO6/c1-2-3-4-5-6-7-14-20-12-10(17)11(9(16)8-15)19-13(12)18/h9-18H,2-8H2,1H3/t9-,10+,11-,12+,13+/m1/s1. The van der Waals surface area contributed by atoms with Gasteiger partial charge in [-0.05, 0) is 6.42 Å². The van der Waals surface area contributed by atoms with Gasteiger partial charge in [0.1, 0.15) is 18.3 Å². The van der Waals surface area contributed by atoms with E-state index in [1.807, 2.05) is 0 Å². The average molecular weight is 293 g/mol. The average Bonchev–Trinajstić information content (AvgIpc) is 2.73. The summed E-state index contributed by atoms with van der Waals surface area (Å²) >= 11 is 0. The number of hydroxylamine groups is 1. The van der Waals surface area contributed by atoms with Crippen molar-refractivity contribution in [1.29, 1.82) is 0 Å². The van der Waals surface area contributed by atoms with Crippen molar-refractivity contribution in [2.24, 2.45) is 0 Å². The van der Waals surface area contributed by atoms with Crippen molar-refractivity contribution in [3.8, 4) is 0 Å². The first-order valence-electron chi connectivity index (χ1n) is 7.30. The zero-order valence-electron chi connectivity index (χ0n) is 11.9. The van der Waals surface area contributed by atoms with E-state index in [2.05, 4.69) is 12.4 Å². The SMILES string of the molecule is CCCCCCCNO[C@H]1[C@@H](O)[C@@H]([C@H](O)CO)O[C@@H]1O. The van der Waals surface area contributed by atoms with Crippen LogP contribution in [0.5, 0.6) is 0 Å². The van der Waals surface area contributed by atoms with Crippen LogP contribution in [0.3, 0.4) is 0 Å². The Morgan fingerprint density at radius 2 is 1.90 bits per heavy atom. The molecule has 120 valence electrons. The Kier molecular flexibility index (Phi) is 8.55. The van der Waals surface area contributed by atoms with Crippen LogP contribution >= 0.6 is 0 Å². The summed E-state index contributed by atoms with van der Waals surface area (Å²) in [7, 11) is 0. The number of nitrogens with one attached hydrogen (secondary N) is 1. The van der Waals surface area contributed by atoms with Gasteiger partial charge in [-0.3, -0.25) is 4.84 Å². The molecular formula is C13H27NO6. The van der Waals surface area contributed by atoms with Gasteiger partial charge in [0.2, 0.25) is 0 Å². The minimum atomic E-state index is -1.33. The fourth-order valence-electron chi connectivity index (χ4n) is 2.18. The molecule has 5 N–H and O–H groups in total. The molecule has 1 aliphatic heterocycles. The maximum Gasteiger partial charge on any atom is 0.186 e. The molecule has 1 fully saturated rings. The lowest BCUT2D eigenvalue weighted by Gasteiger charge is -2.20. The Balaban J connectivity index is 2.19. The summed E-state index contributed by atoms with van der Waals surface area (Å²) in [5, 5.41) is 37.7. The van der Waals surface area contributed by atoms with E-state index in [4.69, 9.17) is 14.7 Å². The smallest absolute Gasteiger partial charge is 0.186 e. The van der Waals surface area contributed by atoms with Crippen LogP contribution in [0.15, 0.2) is 0 Å². The molecule has 1 heterocycles. The topological polar surface area (TPSA) is 111 Å². The Morgan fingerprint density at radius 1 is 1.20 bits per heavy atom. The van der Waals surface area contributed by atoms with Gasteiger partial charge in [0.15, 0.2) is 12.4 Å². The molecule has 20 heavy (non-hydrogen) atoms. The van der Waals surface area contributed by atoms with E-state index in [9.17, 15) is 15.3 Å². The molecule has 1 aliphatic rings. The van der Waals surface area contributed by atoms with Crippen LogP contribution in [0.25, 0.3) is 0 Å². The van der Waals surface area contributed by atoms with Crippen LogP contribution in [0.4, 0.5) is 0 Å². The Labute approximate surface area is 119 Å². The molecule has 1 saturated heterocycles. The van der Waals surface area contributed by atoms with E-state index < -0.39 is 37.3 Å². The Hall–Kier alpha value is -0.280. The normalized spacial score (nSPS) is 31.6. The zero-order chi connectivity index (χ0) is 15.0. The van der Waals surface area contributed by atoms with Crippen molar-refractivity contribution < 1.29 is 30.0 Å². The lowest BCUT2D eigenvalue weighted by Crippen LogP contribution is -2.43. The van der Waals surface area contributed by atoms with E-state index in [1.54, 1.807) is 0 Å². The number of hydrogen-bond donors (Lipinski definition) is 5. The van der Waals surface area contributed by atoms with Crippen molar-refractivity contribution in [2.75, 3.05) is 13.2 Å². The second kappa shape index (κ2) is 9.62. The molecule has 0 bridgehead atoms. The molecule has 1 rings (SSSR count). The fourth-order valence-corrected chi connectivity index (χ4v) is 2.18. The van der Waals surface area contributed by atoms with Gasteiger partial charge in [-0.2, -0.15) is 0 Å². The molecule has 0 saturated carbocycles. The highest BCUT2D eigenvalue weighted by atomic mass is 16.7. The van der Waals surface area contributed by atoms with Crippen LogP contribution in [-0.2, 0) is 9.57 Å².